The van der Waals surface area contributed by atoms with E-state index in [1.54, 1.807) is 24.3 Å². The van der Waals surface area contributed by atoms with Gasteiger partial charge in [-0.15, -0.1) is 0 Å². The highest BCUT2D eigenvalue weighted by molar-refractivity contribution is 6.30. The third-order valence-corrected chi connectivity index (χ3v) is 3.47. The van der Waals surface area contributed by atoms with Gasteiger partial charge in [0, 0.05) is 5.02 Å². The quantitative estimate of drug-likeness (QED) is 0.758. The first-order valence-corrected chi connectivity index (χ1v) is 6.56. The molecular formula is C14H17ClO2. The van der Waals surface area contributed by atoms with E-state index in [2.05, 4.69) is 0 Å². The summed E-state index contributed by atoms with van der Waals surface area (Å²) >= 11 is 5.83. The Hall–Kier alpha value is -1.02. The van der Waals surface area contributed by atoms with Crippen molar-refractivity contribution in [1.82, 2.24) is 0 Å². The highest BCUT2D eigenvalue weighted by atomic mass is 35.5. The number of hydrogen-bond donors (Lipinski definition) is 0. The number of carbonyl (C=O) groups is 1. The third-order valence-electron chi connectivity index (χ3n) is 3.24. The van der Waals surface area contributed by atoms with Gasteiger partial charge in [-0.25, -0.2) is 4.79 Å². The Labute approximate surface area is 107 Å². The molecule has 0 N–H and O–H groups in total. The molecule has 0 atom stereocenters. The lowest BCUT2D eigenvalue weighted by Gasteiger charge is -2.21. The summed E-state index contributed by atoms with van der Waals surface area (Å²) in [6.45, 7) is 0.547. The monoisotopic (exact) mass is 252 g/mol. The van der Waals surface area contributed by atoms with Gasteiger partial charge in [0.05, 0.1) is 12.2 Å². The molecule has 0 spiro atoms. The van der Waals surface area contributed by atoms with Crippen molar-refractivity contribution >= 4 is 17.6 Å². The molecule has 2 rings (SSSR count). The minimum atomic E-state index is -0.266. The molecular weight excluding hydrogens is 236 g/mol. The van der Waals surface area contributed by atoms with Gasteiger partial charge in [0.1, 0.15) is 0 Å². The van der Waals surface area contributed by atoms with Gasteiger partial charge >= 0.3 is 5.97 Å². The van der Waals surface area contributed by atoms with Crippen LogP contribution in [0.3, 0.4) is 0 Å². The fourth-order valence-corrected chi connectivity index (χ4v) is 2.44. The fourth-order valence-electron chi connectivity index (χ4n) is 2.25. The van der Waals surface area contributed by atoms with Crippen LogP contribution in [0.1, 0.15) is 42.5 Å². The van der Waals surface area contributed by atoms with Gasteiger partial charge in [-0.1, -0.05) is 36.9 Å². The van der Waals surface area contributed by atoms with E-state index in [-0.39, 0.29) is 5.97 Å². The predicted octanol–water partition coefficient (Wildman–Crippen LogP) is 4.08. The van der Waals surface area contributed by atoms with Crippen LogP contribution < -0.4 is 0 Å². The normalized spacial score (nSPS) is 16.8. The van der Waals surface area contributed by atoms with Crippen molar-refractivity contribution < 1.29 is 9.53 Å². The van der Waals surface area contributed by atoms with Crippen LogP contribution in [0, 0.1) is 5.92 Å². The molecule has 0 aliphatic heterocycles. The minimum absolute atomic E-state index is 0.266. The van der Waals surface area contributed by atoms with Gasteiger partial charge in [0.25, 0.3) is 0 Å². The summed E-state index contributed by atoms with van der Waals surface area (Å²) in [5.74, 6) is 0.282. The van der Waals surface area contributed by atoms with Crippen LogP contribution >= 0.6 is 11.6 Å². The Balaban J connectivity index is 1.84. The van der Waals surface area contributed by atoms with Crippen LogP contribution in [0.2, 0.25) is 5.02 Å². The number of benzene rings is 1. The molecule has 3 heteroatoms. The van der Waals surface area contributed by atoms with Crippen molar-refractivity contribution in [3.63, 3.8) is 0 Å². The van der Waals surface area contributed by atoms with Gasteiger partial charge in [-0.3, -0.25) is 0 Å². The van der Waals surface area contributed by atoms with Crippen LogP contribution in [-0.2, 0) is 4.74 Å². The van der Waals surface area contributed by atoms with Crippen LogP contribution in [-0.4, -0.2) is 12.6 Å². The summed E-state index contributed by atoms with van der Waals surface area (Å²) in [7, 11) is 0. The van der Waals surface area contributed by atoms with E-state index in [4.69, 9.17) is 16.3 Å². The van der Waals surface area contributed by atoms with Crippen molar-refractivity contribution in [3.8, 4) is 0 Å². The largest absolute Gasteiger partial charge is 0.462 e. The molecule has 0 radical (unpaired) electrons. The number of esters is 1. The van der Waals surface area contributed by atoms with Gasteiger partial charge in [0.2, 0.25) is 0 Å². The second kappa shape index (κ2) is 6.06. The van der Waals surface area contributed by atoms with Crippen molar-refractivity contribution in [2.45, 2.75) is 32.1 Å². The van der Waals surface area contributed by atoms with Crippen LogP contribution in [0.15, 0.2) is 24.3 Å². The first kappa shape index (κ1) is 12.4. The van der Waals surface area contributed by atoms with E-state index in [1.807, 2.05) is 0 Å². The summed E-state index contributed by atoms with van der Waals surface area (Å²) in [6.07, 6.45) is 6.21. The summed E-state index contributed by atoms with van der Waals surface area (Å²) < 4.78 is 5.32. The second-order valence-corrected chi connectivity index (χ2v) is 5.05. The summed E-state index contributed by atoms with van der Waals surface area (Å²) in [6, 6.07) is 6.89. The maximum Gasteiger partial charge on any atom is 0.338 e. The first-order chi connectivity index (χ1) is 8.25. The topological polar surface area (TPSA) is 26.3 Å². The Bertz CT molecular complexity index is 384. The zero-order chi connectivity index (χ0) is 12.1. The van der Waals surface area contributed by atoms with E-state index < -0.39 is 0 Å². The lowest BCUT2D eigenvalue weighted by molar-refractivity contribution is 0.0410. The molecule has 1 fully saturated rings. The molecule has 0 unspecified atom stereocenters. The van der Waals surface area contributed by atoms with Gasteiger partial charge < -0.3 is 4.74 Å². The molecule has 92 valence electrons. The summed E-state index contributed by atoms with van der Waals surface area (Å²) in [5.41, 5.74) is 0.535. The summed E-state index contributed by atoms with van der Waals surface area (Å²) in [5, 5.41) is 0.567. The van der Waals surface area contributed by atoms with Crippen molar-refractivity contribution in [2.75, 3.05) is 6.61 Å². The van der Waals surface area contributed by atoms with Gasteiger partial charge in [-0.05, 0) is 37.0 Å². The van der Waals surface area contributed by atoms with Gasteiger partial charge in [0.15, 0.2) is 0 Å². The van der Waals surface area contributed by atoms with Crippen LogP contribution in [0.25, 0.3) is 0 Å². The Morgan fingerprint density at radius 1 is 1.29 bits per heavy atom. The first-order valence-electron chi connectivity index (χ1n) is 6.18. The zero-order valence-corrected chi connectivity index (χ0v) is 10.6. The Morgan fingerprint density at radius 3 is 2.76 bits per heavy atom. The van der Waals surface area contributed by atoms with E-state index in [1.165, 1.54) is 32.1 Å². The number of ether oxygens (including phenoxy) is 1. The van der Waals surface area contributed by atoms with E-state index >= 15 is 0 Å². The molecule has 1 aliphatic carbocycles. The number of hydrogen-bond acceptors (Lipinski definition) is 2. The average molecular weight is 253 g/mol. The second-order valence-electron chi connectivity index (χ2n) is 4.61. The van der Waals surface area contributed by atoms with Crippen molar-refractivity contribution in [2.24, 2.45) is 5.92 Å². The summed E-state index contributed by atoms with van der Waals surface area (Å²) in [4.78, 5) is 11.8. The number of carbonyl (C=O) groups excluding carboxylic acids is 1. The smallest absolute Gasteiger partial charge is 0.338 e. The standard InChI is InChI=1S/C14H17ClO2/c15-13-8-4-7-12(9-13)14(16)17-10-11-5-2-1-3-6-11/h4,7-9,11H,1-3,5-6,10H2. The molecule has 0 saturated heterocycles. The maximum atomic E-state index is 11.8. The van der Waals surface area contributed by atoms with Crippen molar-refractivity contribution in [1.29, 1.82) is 0 Å². The molecule has 1 aliphatic rings. The molecule has 0 amide bonds. The zero-order valence-electron chi connectivity index (χ0n) is 9.82. The number of halogens is 1. The Morgan fingerprint density at radius 2 is 2.06 bits per heavy atom. The molecule has 0 bridgehead atoms. The predicted molar refractivity (Wildman–Crippen MR) is 68.3 cm³/mol. The molecule has 17 heavy (non-hydrogen) atoms. The maximum absolute atomic E-state index is 11.8. The lowest BCUT2D eigenvalue weighted by Crippen LogP contribution is -2.16. The van der Waals surface area contributed by atoms with Gasteiger partial charge in [-0.2, -0.15) is 0 Å². The molecule has 0 heterocycles. The molecule has 1 saturated carbocycles. The Kier molecular flexibility index (Phi) is 4.43. The fraction of sp³-hybridized carbons (Fsp3) is 0.500. The van der Waals surface area contributed by atoms with Crippen molar-refractivity contribution in [3.05, 3.63) is 34.9 Å². The molecule has 0 aromatic heterocycles. The average Bonchev–Trinajstić information content (AvgIpc) is 2.37. The van der Waals surface area contributed by atoms with Crippen LogP contribution in [0.5, 0.6) is 0 Å². The highest BCUT2D eigenvalue weighted by Gasteiger charge is 2.16. The lowest BCUT2D eigenvalue weighted by atomic mass is 9.90. The number of rotatable bonds is 3. The third kappa shape index (κ3) is 3.74. The van der Waals surface area contributed by atoms with E-state index in [9.17, 15) is 4.79 Å². The highest BCUT2D eigenvalue weighted by Crippen LogP contribution is 2.24. The molecule has 2 nitrogen and oxygen atoms in total. The minimum Gasteiger partial charge on any atom is -0.462 e. The molecule has 1 aromatic carbocycles. The van der Waals surface area contributed by atoms with Crippen LogP contribution in [0.4, 0.5) is 0 Å². The van der Waals surface area contributed by atoms with E-state index in [0.717, 1.165) is 0 Å². The SMILES string of the molecule is O=C(OCC1CCCCC1)c1cccc(Cl)c1. The molecule has 1 aromatic rings. The van der Waals surface area contributed by atoms with E-state index in [0.29, 0.717) is 23.1 Å².